The van der Waals surface area contributed by atoms with Crippen molar-refractivity contribution in [3.63, 3.8) is 0 Å². The van der Waals surface area contributed by atoms with Crippen LogP contribution < -0.4 is 0 Å². The van der Waals surface area contributed by atoms with Crippen LogP contribution in [0.2, 0.25) is 0 Å². The van der Waals surface area contributed by atoms with Gasteiger partial charge in [0, 0.05) is 29.1 Å². The highest BCUT2D eigenvalue weighted by Gasteiger charge is 2.46. The highest BCUT2D eigenvalue weighted by Crippen LogP contribution is 2.59. The van der Waals surface area contributed by atoms with Gasteiger partial charge in [-0.25, -0.2) is 4.57 Å². The van der Waals surface area contributed by atoms with E-state index in [0.717, 1.165) is 30.5 Å². The number of rotatable bonds is 2. The molecule has 0 amide bonds. The quantitative estimate of drug-likeness (QED) is 0.619. The summed E-state index contributed by atoms with van der Waals surface area (Å²) in [6, 6.07) is 10.4. The molecule has 0 radical (unpaired) electrons. The Morgan fingerprint density at radius 1 is 1.40 bits per heavy atom. The third kappa shape index (κ3) is 3.26. The normalized spacial score (nSPS) is 41.1. The zero-order valence-corrected chi connectivity index (χ0v) is 13.2. The molecule has 0 saturated carbocycles. The van der Waals surface area contributed by atoms with Gasteiger partial charge in [-0.05, 0) is 0 Å². The van der Waals surface area contributed by atoms with Crippen LogP contribution in [-0.4, -0.2) is 37.3 Å². The fourth-order valence-corrected chi connectivity index (χ4v) is 4.66. The molecule has 0 spiro atoms. The molecule has 110 valence electrons. The van der Waals surface area contributed by atoms with Crippen molar-refractivity contribution in [1.82, 2.24) is 0 Å². The third-order valence-electron chi connectivity index (χ3n) is 4.30. The Labute approximate surface area is 124 Å². The van der Waals surface area contributed by atoms with Gasteiger partial charge < -0.3 is 4.48 Å². The van der Waals surface area contributed by atoms with E-state index >= 15 is 0 Å². The van der Waals surface area contributed by atoms with E-state index in [0.29, 0.717) is 12.5 Å². The molecular formula is C14H20ClNO3P+. The fourth-order valence-electron chi connectivity index (χ4n) is 3.19. The molecule has 2 aliphatic rings. The smallest absolute Gasteiger partial charge is 0.320 e. The number of benzene rings is 1. The SMILES string of the molecule is C[N+]1(Cc2ccccc2)CC[C@@H]2COP(=O)(Cl)O[C@H]2C1. The molecule has 2 heterocycles. The number of likely N-dealkylation sites (N-methyl/N-ethyl adjacent to an activating group) is 1. The predicted octanol–water partition coefficient (Wildman–Crippen LogP) is 3.42. The van der Waals surface area contributed by atoms with Crippen molar-refractivity contribution in [1.29, 1.82) is 0 Å². The van der Waals surface area contributed by atoms with Gasteiger partial charge in [0.05, 0.1) is 20.2 Å². The summed E-state index contributed by atoms with van der Waals surface area (Å²) >= 11 is 5.75. The summed E-state index contributed by atoms with van der Waals surface area (Å²) in [6.07, 6.45) is 0.958. The lowest BCUT2D eigenvalue weighted by Gasteiger charge is -2.46. The number of halogens is 1. The van der Waals surface area contributed by atoms with Crippen LogP contribution >= 0.6 is 18.2 Å². The molecule has 1 aromatic carbocycles. The van der Waals surface area contributed by atoms with Crippen molar-refractivity contribution < 1.29 is 18.1 Å². The van der Waals surface area contributed by atoms with Crippen molar-refractivity contribution in [2.24, 2.45) is 5.92 Å². The number of piperidine rings is 1. The van der Waals surface area contributed by atoms with E-state index < -0.39 is 6.95 Å². The van der Waals surface area contributed by atoms with E-state index in [9.17, 15) is 4.57 Å². The minimum Gasteiger partial charge on any atom is -0.320 e. The lowest BCUT2D eigenvalue weighted by molar-refractivity contribution is -0.931. The monoisotopic (exact) mass is 316 g/mol. The number of hydrogen-bond donors (Lipinski definition) is 0. The Morgan fingerprint density at radius 3 is 2.90 bits per heavy atom. The second-order valence-corrected chi connectivity index (χ2v) is 8.66. The number of nitrogens with zero attached hydrogens (tertiary/aromatic N) is 1. The van der Waals surface area contributed by atoms with Crippen molar-refractivity contribution in [3.05, 3.63) is 35.9 Å². The Kier molecular flexibility index (Phi) is 3.95. The first-order valence-corrected chi connectivity index (χ1v) is 9.41. The Hall–Kier alpha value is -0.380. The van der Waals surface area contributed by atoms with E-state index in [1.807, 2.05) is 6.07 Å². The van der Waals surface area contributed by atoms with E-state index in [2.05, 4.69) is 31.3 Å². The fraction of sp³-hybridized carbons (Fsp3) is 0.571. The average Bonchev–Trinajstić information content (AvgIpc) is 2.38. The van der Waals surface area contributed by atoms with Gasteiger partial charge in [0.15, 0.2) is 0 Å². The third-order valence-corrected chi connectivity index (χ3v) is 5.81. The van der Waals surface area contributed by atoms with Gasteiger partial charge in [-0.1, -0.05) is 30.3 Å². The molecule has 2 fully saturated rings. The maximum Gasteiger partial charge on any atom is 0.424 e. The number of likely N-dealkylation sites (tertiary alicyclic amines) is 1. The standard InChI is InChI=1S/C14H20ClNO3P/c1-16(9-12-5-3-2-4-6-12)8-7-13-11-18-20(15,17)19-14(13)10-16/h2-6,13-14H,7-11H2,1H3/q+1/t13-,14+,16?,20?/m1/s1. The number of fused-ring (bicyclic) bond motifs is 1. The van der Waals surface area contributed by atoms with Crippen LogP contribution in [0.15, 0.2) is 30.3 Å². The average molecular weight is 317 g/mol. The molecule has 20 heavy (non-hydrogen) atoms. The molecule has 0 N–H and O–H groups in total. The molecule has 2 unspecified atom stereocenters. The molecule has 2 aliphatic heterocycles. The van der Waals surface area contributed by atoms with E-state index in [1.165, 1.54) is 5.56 Å². The highest BCUT2D eigenvalue weighted by atomic mass is 35.7. The molecule has 0 bridgehead atoms. The first-order valence-electron chi connectivity index (χ1n) is 6.96. The summed E-state index contributed by atoms with van der Waals surface area (Å²) in [5.74, 6) is 0.317. The predicted molar refractivity (Wildman–Crippen MR) is 78.5 cm³/mol. The Bertz CT molecular complexity index is 526. The Balaban J connectivity index is 1.71. The van der Waals surface area contributed by atoms with Crippen LogP contribution in [0.4, 0.5) is 0 Å². The summed E-state index contributed by atoms with van der Waals surface area (Å²) in [5.41, 5.74) is 1.31. The van der Waals surface area contributed by atoms with Gasteiger partial charge in [-0.3, -0.25) is 9.05 Å². The summed E-state index contributed by atoms with van der Waals surface area (Å²) in [5, 5.41) is 0. The van der Waals surface area contributed by atoms with Crippen molar-refractivity contribution >= 4 is 18.2 Å². The maximum absolute atomic E-state index is 11.8. The summed E-state index contributed by atoms with van der Waals surface area (Å²) in [4.78, 5) is 0. The molecule has 0 aliphatic carbocycles. The molecule has 1 aromatic rings. The summed E-state index contributed by atoms with van der Waals surface area (Å²) in [7, 11) is 2.22. The second kappa shape index (κ2) is 5.43. The number of hydrogen-bond acceptors (Lipinski definition) is 3. The lowest BCUT2D eigenvalue weighted by Crippen LogP contribution is -2.57. The van der Waals surface area contributed by atoms with E-state index in [1.54, 1.807) is 0 Å². The zero-order chi connectivity index (χ0) is 14.2. The van der Waals surface area contributed by atoms with Gasteiger partial charge in [0.1, 0.15) is 19.2 Å². The highest BCUT2D eigenvalue weighted by molar-refractivity contribution is 7.81. The van der Waals surface area contributed by atoms with Crippen molar-refractivity contribution in [2.45, 2.75) is 19.1 Å². The first kappa shape index (κ1) is 14.6. The van der Waals surface area contributed by atoms with Gasteiger partial charge in [0.25, 0.3) is 0 Å². The molecular weight excluding hydrogens is 297 g/mol. The topological polar surface area (TPSA) is 35.5 Å². The largest absolute Gasteiger partial charge is 0.424 e. The molecule has 4 atom stereocenters. The molecule has 6 heteroatoms. The second-order valence-electron chi connectivity index (χ2n) is 6.09. The first-order chi connectivity index (χ1) is 9.46. The van der Waals surface area contributed by atoms with Crippen LogP contribution in [0.25, 0.3) is 0 Å². The zero-order valence-electron chi connectivity index (χ0n) is 11.6. The molecule has 2 saturated heterocycles. The van der Waals surface area contributed by atoms with Crippen LogP contribution in [0.3, 0.4) is 0 Å². The van der Waals surface area contributed by atoms with E-state index in [4.69, 9.17) is 20.3 Å². The maximum atomic E-state index is 11.8. The molecule has 4 nitrogen and oxygen atoms in total. The minimum atomic E-state index is -3.35. The van der Waals surface area contributed by atoms with Crippen molar-refractivity contribution in [2.75, 3.05) is 26.7 Å². The van der Waals surface area contributed by atoms with Crippen LogP contribution in [0.5, 0.6) is 0 Å². The van der Waals surface area contributed by atoms with Gasteiger partial charge in [-0.2, -0.15) is 0 Å². The van der Waals surface area contributed by atoms with Crippen LogP contribution in [0.1, 0.15) is 12.0 Å². The van der Waals surface area contributed by atoms with Crippen LogP contribution in [0, 0.1) is 5.92 Å². The summed E-state index contributed by atoms with van der Waals surface area (Å²) in [6.45, 7) is -0.0265. The van der Waals surface area contributed by atoms with Gasteiger partial charge in [-0.15, -0.1) is 0 Å². The van der Waals surface area contributed by atoms with Crippen LogP contribution in [-0.2, 0) is 20.2 Å². The summed E-state index contributed by atoms with van der Waals surface area (Å²) < 4.78 is 23.3. The van der Waals surface area contributed by atoms with Gasteiger partial charge in [0.2, 0.25) is 0 Å². The van der Waals surface area contributed by atoms with Crippen molar-refractivity contribution in [3.8, 4) is 0 Å². The van der Waals surface area contributed by atoms with E-state index in [-0.39, 0.29) is 6.10 Å². The lowest BCUT2D eigenvalue weighted by atomic mass is 9.92. The minimum absolute atomic E-state index is 0.0606. The van der Waals surface area contributed by atoms with Gasteiger partial charge >= 0.3 is 6.95 Å². The Morgan fingerprint density at radius 2 is 2.15 bits per heavy atom. The molecule has 0 aromatic heterocycles. The molecule has 3 rings (SSSR count). The number of quaternary nitrogens is 1.